The molecule has 0 fully saturated rings. The summed E-state index contributed by atoms with van der Waals surface area (Å²) in [6.45, 7) is 4.97. The third-order valence-corrected chi connectivity index (χ3v) is 1.79. The molecule has 0 atom stereocenters. The lowest BCUT2D eigenvalue weighted by molar-refractivity contribution is -0.121. The number of hydrogen-bond acceptors (Lipinski definition) is 1. The highest BCUT2D eigenvalue weighted by molar-refractivity contribution is 5.75. The van der Waals surface area contributed by atoms with Crippen LogP contribution in [0.1, 0.15) is 52.4 Å². The van der Waals surface area contributed by atoms with E-state index in [0.717, 1.165) is 32.2 Å². The van der Waals surface area contributed by atoms with Crippen molar-refractivity contribution in [3.8, 4) is 0 Å². The minimum Gasteiger partial charge on any atom is -0.273 e. The second kappa shape index (κ2) is 8.57. The number of hydrogen-bond donors (Lipinski definition) is 0. The smallest absolute Gasteiger partial charge is 0.241 e. The minimum absolute atomic E-state index is 0.0944. The van der Waals surface area contributed by atoms with E-state index in [9.17, 15) is 4.79 Å². The molecule has 0 aliphatic rings. The molecule has 0 saturated carbocycles. The fourth-order valence-corrected chi connectivity index (χ4v) is 0.967. The highest BCUT2D eigenvalue weighted by atomic mass is 16.1. The van der Waals surface area contributed by atoms with Crippen LogP contribution in [0.2, 0.25) is 0 Å². The van der Waals surface area contributed by atoms with Gasteiger partial charge in [-0.3, -0.25) is 10.1 Å². The topological polar surface area (TPSA) is 31.2 Å². The van der Waals surface area contributed by atoms with Gasteiger partial charge in [0.05, 0.1) is 0 Å². The Morgan fingerprint density at radius 3 is 2.33 bits per heavy atom. The molecule has 1 amide bonds. The quantitative estimate of drug-likeness (QED) is 0.540. The average molecular weight is 170 g/mol. The van der Waals surface area contributed by atoms with Crippen LogP contribution in [0.5, 0.6) is 0 Å². The van der Waals surface area contributed by atoms with Gasteiger partial charge >= 0.3 is 0 Å². The summed E-state index contributed by atoms with van der Waals surface area (Å²) in [6.07, 6.45) is 6.13. The Balaban J connectivity index is 3.10. The molecule has 0 rings (SSSR count). The molecule has 71 valence electrons. The molecule has 0 aromatic rings. The van der Waals surface area contributed by atoms with Gasteiger partial charge in [0.25, 0.3) is 0 Å². The van der Waals surface area contributed by atoms with E-state index < -0.39 is 0 Å². The minimum atomic E-state index is 0.0944. The van der Waals surface area contributed by atoms with Crippen molar-refractivity contribution in [1.29, 1.82) is 0 Å². The molecule has 0 heterocycles. The first-order valence-electron chi connectivity index (χ1n) is 5.01. The largest absolute Gasteiger partial charge is 0.273 e. The molecular formula is C10H20NO. The predicted molar refractivity (Wildman–Crippen MR) is 51.1 cm³/mol. The zero-order valence-electron chi connectivity index (χ0n) is 8.31. The van der Waals surface area contributed by atoms with Gasteiger partial charge in [0.1, 0.15) is 0 Å². The lowest BCUT2D eigenvalue weighted by atomic mass is 10.2. The van der Waals surface area contributed by atoms with Crippen LogP contribution in [0, 0.1) is 0 Å². The molecule has 1 radical (unpaired) electrons. The summed E-state index contributed by atoms with van der Waals surface area (Å²) in [5, 5.41) is 3.95. The third-order valence-electron chi connectivity index (χ3n) is 1.79. The highest BCUT2D eigenvalue weighted by Crippen LogP contribution is 1.98. The molecule has 0 aliphatic carbocycles. The highest BCUT2D eigenvalue weighted by Gasteiger charge is 2.00. The van der Waals surface area contributed by atoms with Gasteiger partial charge in [0, 0.05) is 13.0 Å². The van der Waals surface area contributed by atoms with Crippen molar-refractivity contribution < 1.29 is 4.79 Å². The number of amides is 1. The summed E-state index contributed by atoms with van der Waals surface area (Å²) in [7, 11) is 0. The van der Waals surface area contributed by atoms with E-state index in [1.54, 1.807) is 0 Å². The van der Waals surface area contributed by atoms with E-state index in [0.29, 0.717) is 6.42 Å². The van der Waals surface area contributed by atoms with Gasteiger partial charge < -0.3 is 0 Å². The fraction of sp³-hybridized carbons (Fsp3) is 0.900. The fourth-order valence-electron chi connectivity index (χ4n) is 0.967. The van der Waals surface area contributed by atoms with Crippen molar-refractivity contribution in [3.05, 3.63) is 0 Å². The maximum atomic E-state index is 11.0. The molecule has 0 N–H and O–H groups in total. The SMILES string of the molecule is CCCCCC(=O)[N]CCCC. The van der Waals surface area contributed by atoms with Crippen LogP contribution in [0.25, 0.3) is 0 Å². The second-order valence-corrected chi connectivity index (χ2v) is 3.09. The van der Waals surface area contributed by atoms with Crippen LogP contribution in [0.15, 0.2) is 0 Å². The van der Waals surface area contributed by atoms with Crippen molar-refractivity contribution in [2.45, 2.75) is 52.4 Å². The summed E-state index contributed by atoms with van der Waals surface area (Å²) in [4.78, 5) is 11.0. The van der Waals surface area contributed by atoms with E-state index in [1.165, 1.54) is 6.42 Å². The Morgan fingerprint density at radius 1 is 1.08 bits per heavy atom. The molecule has 12 heavy (non-hydrogen) atoms. The number of carbonyl (C=O) groups is 1. The Kier molecular flexibility index (Phi) is 8.19. The summed E-state index contributed by atoms with van der Waals surface area (Å²) in [6, 6.07) is 0. The molecule has 2 heteroatoms. The lowest BCUT2D eigenvalue weighted by Crippen LogP contribution is -2.16. The van der Waals surface area contributed by atoms with E-state index in [-0.39, 0.29) is 5.91 Å². The average Bonchev–Trinajstić information content (AvgIpc) is 2.06. The molecule has 0 aliphatic heterocycles. The van der Waals surface area contributed by atoms with Crippen molar-refractivity contribution in [1.82, 2.24) is 5.32 Å². The van der Waals surface area contributed by atoms with Gasteiger partial charge in [-0.2, -0.15) is 0 Å². The van der Waals surface area contributed by atoms with E-state index >= 15 is 0 Å². The third kappa shape index (κ3) is 7.58. The molecular weight excluding hydrogens is 150 g/mol. The Labute approximate surface area is 75.7 Å². The van der Waals surface area contributed by atoms with Crippen LogP contribution in [-0.4, -0.2) is 12.5 Å². The lowest BCUT2D eigenvalue weighted by Gasteiger charge is -1.99. The Hall–Kier alpha value is -0.530. The van der Waals surface area contributed by atoms with Crippen molar-refractivity contribution in [3.63, 3.8) is 0 Å². The summed E-state index contributed by atoms with van der Waals surface area (Å²) >= 11 is 0. The first-order chi connectivity index (χ1) is 5.81. The van der Waals surface area contributed by atoms with Gasteiger partial charge in [-0.15, -0.1) is 0 Å². The van der Waals surface area contributed by atoms with E-state index in [4.69, 9.17) is 0 Å². The zero-order chi connectivity index (χ0) is 9.23. The van der Waals surface area contributed by atoms with Crippen LogP contribution in [0.3, 0.4) is 0 Å². The summed E-state index contributed by atoms with van der Waals surface area (Å²) < 4.78 is 0. The molecule has 0 saturated heterocycles. The van der Waals surface area contributed by atoms with Gasteiger partial charge in [0.2, 0.25) is 5.91 Å². The molecule has 2 nitrogen and oxygen atoms in total. The Bertz CT molecular complexity index is 100. The first-order valence-corrected chi connectivity index (χ1v) is 5.01. The van der Waals surface area contributed by atoms with Crippen LogP contribution in [-0.2, 0) is 4.79 Å². The van der Waals surface area contributed by atoms with Crippen molar-refractivity contribution in [2.75, 3.05) is 6.54 Å². The molecule has 0 aromatic heterocycles. The normalized spacial score (nSPS) is 9.83. The number of nitrogens with zero attached hydrogens (tertiary/aromatic N) is 1. The van der Waals surface area contributed by atoms with E-state index in [1.807, 2.05) is 0 Å². The summed E-state index contributed by atoms with van der Waals surface area (Å²) in [5.74, 6) is 0.0944. The van der Waals surface area contributed by atoms with Gasteiger partial charge in [-0.25, -0.2) is 0 Å². The first kappa shape index (κ1) is 11.5. The zero-order valence-corrected chi connectivity index (χ0v) is 8.31. The second-order valence-electron chi connectivity index (χ2n) is 3.09. The maximum absolute atomic E-state index is 11.0. The number of rotatable bonds is 7. The van der Waals surface area contributed by atoms with E-state index in [2.05, 4.69) is 19.2 Å². The molecule has 0 spiro atoms. The van der Waals surface area contributed by atoms with Crippen LogP contribution in [0.4, 0.5) is 0 Å². The van der Waals surface area contributed by atoms with Crippen molar-refractivity contribution >= 4 is 5.91 Å². The monoisotopic (exact) mass is 170 g/mol. The van der Waals surface area contributed by atoms with Crippen LogP contribution < -0.4 is 5.32 Å². The van der Waals surface area contributed by atoms with Gasteiger partial charge in [-0.1, -0.05) is 33.1 Å². The van der Waals surface area contributed by atoms with Gasteiger partial charge in [-0.05, 0) is 12.8 Å². The maximum Gasteiger partial charge on any atom is 0.241 e. The number of carbonyl (C=O) groups excluding carboxylic acids is 1. The standard InChI is InChI=1S/C10H20NO/c1-3-5-7-8-10(12)11-9-6-4-2/h3-9H2,1-2H3. The van der Waals surface area contributed by atoms with Gasteiger partial charge in [0.15, 0.2) is 0 Å². The Morgan fingerprint density at radius 2 is 1.75 bits per heavy atom. The predicted octanol–water partition coefficient (Wildman–Crippen LogP) is 2.50. The van der Waals surface area contributed by atoms with Crippen LogP contribution >= 0.6 is 0 Å². The van der Waals surface area contributed by atoms with Crippen molar-refractivity contribution in [2.24, 2.45) is 0 Å². The molecule has 0 aromatic carbocycles. The molecule has 0 bridgehead atoms. The number of unbranched alkanes of at least 4 members (excludes halogenated alkanes) is 3. The molecule has 0 unspecified atom stereocenters. The summed E-state index contributed by atoms with van der Waals surface area (Å²) in [5.41, 5.74) is 0.